The molecule has 3 aromatic rings. The Hall–Kier alpha value is -3.19. The Balaban J connectivity index is 1.57. The molecule has 0 bridgehead atoms. The SMILES string of the molecule is C[C@@H](O)c1cccc(N2CCc3nc(-c4ccc(C(=O)O)cc4)[nH]c3C2)n1. The van der Waals surface area contributed by atoms with Crippen LogP contribution in [-0.4, -0.2) is 37.7 Å². The van der Waals surface area contributed by atoms with E-state index in [2.05, 4.69) is 19.9 Å². The molecule has 27 heavy (non-hydrogen) atoms. The lowest BCUT2D eigenvalue weighted by molar-refractivity contribution is 0.0697. The summed E-state index contributed by atoms with van der Waals surface area (Å²) >= 11 is 0. The largest absolute Gasteiger partial charge is 0.478 e. The van der Waals surface area contributed by atoms with Crippen LogP contribution < -0.4 is 4.90 Å². The second-order valence-corrected chi connectivity index (χ2v) is 6.66. The maximum Gasteiger partial charge on any atom is 0.335 e. The van der Waals surface area contributed by atoms with Gasteiger partial charge < -0.3 is 20.1 Å². The van der Waals surface area contributed by atoms with Gasteiger partial charge in [0.1, 0.15) is 11.6 Å². The molecule has 0 saturated heterocycles. The predicted octanol–water partition coefficient (Wildman–Crippen LogP) is 2.79. The Kier molecular flexibility index (Phi) is 4.37. The maximum absolute atomic E-state index is 11.0. The van der Waals surface area contributed by atoms with E-state index in [0.717, 1.165) is 41.6 Å². The van der Waals surface area contributed by atoms with Crippen LogP contribution in [0.5, 0.6) is 0 Å². The van der Waals surface area contributed by atoms with Crippen molar-refractivity contribution in [2.24, 2.45) is 0 Å². The Morgan fingerprint density at radius 1 is 1.19 bits per heavy atom. The molecule has 0 saturated carbocycles. The zero-order valence-corrected chi connectivity index (χ0v) is 14.9. The van der Waals surface area contributed by atoms with Crippen molar-refractivity contribution in [3.05, 3.63) is 65.1 Å². The number of aromatic carboxylic acids is 1. The number of aliphatic hydroxyl groups is 1. The normalized spacial score (nSPS) is 14.7. The Morgan fingerprint density at radius 3 is 2.67 bits per heavy atom. The summed E-state index contributed by atoms with van der Waals surface area (Å²) in [6.07, 6.45) is 0.192. The summed E-state index contributed by atoms with van der Waals surface area (Å²) in [6, 6.07) is 12.4. The van der Waals surface area contributed by atoms with E-state index >= 15 is 0 Å². The maximum atomic E-state index is 11.0. The summed E-state index contributed by atoms with van der Waals surface area (Å²) in [6.45, 7) is 3.16. The van der Waals surface area contributed by atoms with Crippen LogP contribution in [0.15, 0.2) is 42.5 Å². The molecule has 2 aromatic heterocycles. The summed E-state index contributed by atoms with van der Waals surface area (Å²) in [5, 5.41) is 18.8. The standard InChI is InChI=1S/C20H20N4O3/c1-12(25)15-3-2-4-18(21-15)24-10-9-16-17(11-24)23-19(22-16)13-5-7-14(8-6-13)20(26)27/h2-8,12,25H,9-11H2,1H3,(H,22,23)(H,26,27)/t12-/m1/s1. The van der Waals surface area contributed by atoms with Gasteiger partial charge in [-0.05, 0) is 31.2 Å². The van der Waals surface area contributed by atoms with Gasteiger partial charge in [0.15, 0.2) is 0 Å². The molecule has 0 aliphatic carbocycles. The van der Waals surface area contributed by atoms with E-state index in [9.17, 15) is 9.90 Å². The minimum Gasteiger partial charge on any atom is -0.478 e. The van der Waals surface area contributed by atoms with Gasteiger partial charge in [0.05, 0.1) is 35.3 Å². The van der Waals surface area contributed by atoms with Gasteiger partial charge in [0, 0.05) is 18.5 Å². The van der Waals surface area contributed by atoms with Crippen LogP contribution in [0.2, 0.25) is 0 Å². The summed E-state index contributed by atoms with van der Waals surface area (Å²) in [5.74, 6) is 0.633. The third kappa shape index (κ3) is 3.41. The highest BCUT2D eigenvalue weighted by atomic mass is 16.4. The highest BCUT2D eigenvalue weighted by Crippen LogP contribution is 2.26. The Labute approximate surface area is 156 Å². The average molecular weight is 364 g/mol. The van der Waals surface area contributed by atoms with E-state index in [4.69, 9.17) is 5.11 Å². The summed E-state index contributed by atoms with van der Waals surface area (Å²) in [5.41, 5.74) is 3.82. The molecule has 0 unspecified atom stereocenters. The molecule has 1 aliphatic heterocycles. The molecular formula is C20H20N4O3. The van der Waals surface area contributed by atoms with Crippen LogP contribution in [-0.2, 0) is 13.0 Å². The molecule has 1 aromatic carbocycles. The third-order valence-corrected chi connectivity index (χ3v) is 4.75. The monoisotopic (exact) mass is 364 g/mol. The highest BCUT2D eigenvalue weighted by molar-refractivity contribution is 5.88. The molecule has 0 radical (unpaired) electrons. The zero-order chi connectivity index (χ0) is 19.0. The molecule has 138 valence electrons. The molecule has 7 nitrogen and oxygen atoms in total. The van der Waals surface area contributed by atoms with Crippen LogP contribution in [0.4, 0.5) is 5.82 Å². The van der Waals surface area contributed by atoms with Crippen molar-refractivity contribution in [3.63, 3.8) is 0 Å². The number of carbonyl (C=O) groups is 1. The Morgan fingerprint density at radius 2 is 1.96 bits per heavy atom. The number of nitrogens with zero attached hydrogens (tertiary/aromatic N) is 3. The first-order chi connectivity index (χ1) is 13.0. The fraction of sp³-hybridized carbons (Fsp3) is 0.250. The quantitative estimate of drug-likeness (QED) is 0.658. The number of carboxylic acid groups (broad SMARTS) is 1. The fourth-order valence-corrected chi connectivity index (χ4v) is 3.25. The van der Waals surface area contributed by atoms with E-state index in [1.54, 1.807) is 31.2 Å². The van der Waals surface area contributed by atoms with Gasteiger partial charge in [-0.3, -0.25) is 0 Å². The number of H-pyrrole nitrogens is 1. The minimum atomic E-state index is -0.942. The molecule has 3 N–H and O–H groups in total. The van der Waals surface area contributed by atoms with Gasteiger partial charge in [0.2, 0.25) is 0 Å². The van der Waals surface area contributed by atoms with Crippen LogP contribution in [0.1, 0.15) is 40.5 Å². The van der Waals surface area contributed by atoms with Crippen molar-refractivity contribution in [1.82, 2.24) is 15.0 Å². The number of hydrogen-bond acceptors (Lipinski definition) is 5. The van der Waals surface area contributed by atoms with Crippen molar-refractivity contribution in [1.29, 1.82) is 0 Å². The molecular weight excluding hydrogens is 344 g/mol. The molecule has 1 atom stereocenters. The number of anilines is 1. The van der Waals surface area contributed by atoms with Gasteiger partial charge in [-0.1, -0.05) is 18.2 Å². The average Bonchev–Trinajstić information content (AvgIpc) is 3.11. The topological polar surface area (TPSA) is 102 Å². The lowest BCUT2D eigenvalue weighted by Crippen LogP contribution is -2.31. The predicted molar refractivity (Wildman–Crippen MR) is 101 cm³/mol. The molecule has 3 heterocycles. The number of benzene rings is 1. The van der Waals surface area contributed by atoms with Crippen molar-refractivity contribution >= 4 is 11.8 Å². The number of rotatable bonds is 4. The molecule has 1 aliphatic rings. The fourth-order valence-electron chi connectivity index (χ4n) is 3.25. The van der Waals surface area contributed by atoms with E-state index in [0.29, 0.717) is 12.2 Å². The molecule has 4 rings (SSSR count). The molecule has 0 spiro atoms. The van der Waals surface area contributed by atoms with Crippen LogP contribution in [0.25, 0.3) is 11.4 Å². The van der Waals surface area contributed by atoms with E-state index in [1.807, 2.05) is 18.2 Å². The van der Waals surface area contributed by atoms with Crippen LogP contribution >= 0.6 is 0 Å². The first-order valence-electron chi connectivity index (χ1n) is 8.82. The smallest absolute Gasteiger partial charge is 0.335 e. The van der Waals surface area contributed by atoms with Crippen molar-refractivity contribution < 1.29 is 15.0 Å². The van der Waals surface area contributed by atoms with Gasteiger partial charge in [-0.2, -0.15) is 0 Å². The first-order valence-corrected chi connectivity index (χ1v) is 8.82. The number of aromatic nitrogens is 3. The highest BCUT2D eigenvalue weighted by Gasteiger charge is 2.22. The zero-order valence-electron chi connectivity index (χ0n) is 14.9. The Bertz CT molecular complexity index is 979. The number of hydrogen-bond donors (Lipinski definition) is 3. The molecule has 0 amide bonds. The third-order valence-electron chi connectivity index (χ3n) is 4.75. The first kappa shape index (κ1) is 17.2. The van der Waals surface area contributed by atoms with Crippen molar-refractivity contribution in [2.75, 3.05) is 11.4 Å². The number of pyridine rings is 1. The minimum absolute atomic E-state index is 0.255. The lowest BCUT2D eigenvalue weighted by Gasteiger charge is -2.27. The number of fused-ring (bicyclic) bond motifs is 1. The second-order valence-electron chi connectivity index (χ2n) is 6.66. The van der Waals surface area contributed by atoms with E-state index in [1.165, 1.54) is 0 Å². The van der Waals surface area contributed by atoms with Gasteiger partial charge >= 0.3 is 5.97 Å². The van der Waals surface area contributed by atoms with Gasteiger partial charge in [-0.15, -0.1) is 0 Å². The van der Waals surface area contributed by atoms with Crippen molar-refractivity contribution in [3.8, 4) is 11.4 Å². The number of aromatic amines is 1. The van der Waals surface area contributed by atoms with Crippen LogP contribution in [0, 0.1) is 0 Å². The second kappa shape index (κ2) is 6.85. The van der Waals surface area contributed by atoms with Crippen molar-refractivity contribution in [2.45, 2.75) is 26.0 Å². The molecule has 0 fully saturated rings. The number of carboxylic acids is 1. The lowest BCUT2D eigenvalue weighted by atomic mass is 10.1. The van der Waals surface area contributed by atoms with Crippen LogP contribution in [0.3, 0.4) is 0 Å². The van der Waals surface area contributed by atoms with Gasteiger partial charge in [-0.25, -0.2) is 14.8 Å². The van der Waals surface area contributed by atoms with E-state index in [-0.39, 0.29) is 5.56 Å². The summed E-state index contributed by atoms with van der Waals surface area (Å²) in [7, 11) is 0. The summed E-state index contributed by atoms with van der Waals surface area (Å²) in [4.78, 5) is 25.7. The molecule has 7 heteroatoms. The number of aliphatic hydroxyl groups excluding tert-OH is 1. The van der Waals surface area contributed by atoms with Gasteiger partial charge in [0.25, 0.3) is 0 Å². The summed E-state index contributed by atoms with van der Waals surface area (Å²) < 4.78 is 0. The number of imidazole rings is 1. The number of nitrogens with one attached hydrogen (secondary N) is 1. The van der Waals surface area contributed by atoms with E-state index < -0.39 is 12.1 Å².